The Bertz CT molecular complexity index is 278. The standard InChI is InChI=1S/C13H21NO2/c1-5-7-8-11(6-2)12(9-14)16-13(15)10(3)4/h11-12H,3,5-8H2,1-2,4H3. The summed E-state index contributed by atoms with van der Waals surface area (Å²) in [5.41, 5.74) is 0.339. The first-order chi connectivity index (χ1) is 7.56. The lowest BCUT2D eigenvalue weighted by atomic mass is 9.94. The first kappa shape index (κ1) is 14.7. The van der Waals surface area contributed by atoms with Gasteiger partial charge in [0.1, 0.15) is 6.07 Å². The zero-order valence-electron chi connectivity index (χ0n) is 10.5. The summed E-state index contributed by atoms with van der Waals surface area (Å²) in [6, 6.07) is 2.06. The number of carbonyl (C=O) groups excluding carboxylic acids is 1. The Morgan fingerprint density at radius 3 is 2.50 bits per heavy atom. The summed E-state index contributed by atoms with van der Waals surface area (Å²) in [5.74, 6) is -0.338. The Balaban J connectivity index is 4.39. The number of rotatable bonds is 7. The molecule has 0 aliphatic heterocycles. The molecule has 0 amide bonds. The van der Waals surface area contributed by atoms with Crippen LogP contribution >= 0.6 is 0 Å². The summed E-state index contributed by atoms with van der Waals surface area (Å²) in [6.45, 7) is 9.21. The van der Waals surface area contributed by atoms with Gasteiger partial charge in [0.2, 0.25) is 0 Å². The Hall–Kier alpha value is -1.30. The molecular weight excluding hydrogens is 202 g/mol. The highest BCUT2D eigenvalue weighted by atomic mass is 16.5. The molecule has 3 heteroatoms. The molecule has 0 aromatic carbocycles. The molecule has 0 rings (SSSR count). The first-order valence-corrected chi connectivity index (χ1v) is 5.82. The maximum Gasteiger partial charge on any atom is 0.334 e. The van der Waals surface area contributed by atoms with Gasteiger partial charge in [0.25, 0.3) is 0 Å². The minimum atomic E-state index is -0.638. The number of carbonyl (C=O) groups is 1. The normalized spacial score (nSPS) is 13.6. The molecule has 0 aliphatic carbocycles. The number of nitriles is 1. The molecule has 0 fully saturated rings. The summed E-state index contributed by atoms with van der Waals surface area (Å²) in [4.78, 5) is 11.3. The van der Waals surface area contributed by atoms with Gasteiger partial charge >= 0.3 is 5.97 Å². The van der Waals surface area contributed by atoms with Crippen LogP contribution in [0.4, 0.5) is 0 Å². The van der Waals surface area contributed by atoms with E-state index in [-0.39, 0.29) is 5.92 Å². The Morgan fingerprint density at radius 2 is 2.12 bits per heavy atom. The third kappa shape index (κ3) is 4.97. The van der Waals surface area contributed by atoms with Crippen LogP contribution in [0.1, 0.15) is 46.5 Å². The van der Waals surface area contributed by atoms with Crippen molar-refractivity contribution in [2.24, 2.45) is 5.92 Å². The lowest BCUT2D eigenvalue weighted by molar-refractivity contribution is -0.144. The van der Waals surface area contributed by atoms with Gasteiger partial charge in [0.05, 0.1) is 0 Å². The lowest BCUT2D eigenvalue weighted by Crippen LogP contribution is -2.25. The van der Waals surface area contributed by atoms with Crippen molar-refractivity contribution < 1.29 is 9.53 Å². The van der Waals surface area contributed by atoms with Gasteiger partial charge in [0, 0.05) is 11.5 Å². The molecule has 0 saturated carbocycles. The van der Waals surface area contributed by atoms with Gasteiger partial charge in [-0.25, -0.2) is 4.79 Å². The van der Waals surface area contributed by atoms with E-state index >= 15 is 0 Å². The third-order valence-corrected chi connectivity index (χ3v) is 2.59. The molecule has 2 atom stereocenters. The van der Waals surface area contributed by atoms with Crippen LogP contribution in [0.2, 0.25) is 0 Å². The van der Waals surface area contributed by atoms with Crippen LogP contribution in [0.5, 0.6) is 0 Å². The van der Waals surface area contributed by atoms with Crippen LogP contribution in [0, 0.1) is 17.2 Å². The van der Waals surface area contributed by atoms with Gasteiger partial charge < -0.3 is 4.74 Å². The smallest absolute Gasteiger partial charge is 0.334 e. The Labute approximate surface area is 98.1 Å². The highest BCUT2D eigenvalue weighted by Crippen LogP contribution is 2.19. The van der Waals surface area contributed by atoms with Gasteiger partial charge in [-0.15, -0.1) is 0 Å². The van der Waals surface area contributed by atoms with Crippen LogP contribution in [-0.4, -0.2) is 12.1 Å². The quantitative estimate of drug-likeness (QED) is 0.492. The van der Waals surface area contributed by atoms with E-state index in [2.05, 4.69) is 19.6 Å². The fourth-order valence-electron chi connectivity index (χ4n) is 1.48. The van der Waals surface area contributed by atoms with E-state index in [1.54, 1.807) is 6.92 Å². The molecule has 0 bridgehead atoms. The highest BCUT2D eigenvalue weighted by molar-refractivity contribution is 5.87. The molecule has 0 aromatic heterocycles. The van der Waals surface area contributed by atoms with E-state index in [1.807, 2.05) is 6.92 Å². The summed E-state index contributed by atoms with van der Waals surface area (Å²) in [7, 11) is 0. The van der Waals surface area contributed by atoms with Crippen molar-refractivity contribution in [3.63, 3.8) is 0 Å². The molecule has 2 unspecified atom stereocenters. The molecule has 0 saturated heterocycles. The molecular formula is C13H21NO2. The fourth-order valence-corrected chi connectivity index (χ4v) is 1.48. The summed E-state index contributed by atoms with van der Waals surface area (Å²) < 4.78 is 5.11. The average molecular weight is 223 g/mol. The molecule has 0 aliphatic rings. The molecule has 0 N–H and O–H groups in total. The first-order valence-electron chi connectivity index (χ1n) is 5.82. The van der Waals surface area contributed by atoms with Gasteiger partial charge in [-0.2, -0.15) is 5.26 Å². The predicted molar refractivity (Wildman–Crippen MR) is 63.6 cm³/mol. The second kappa shape index (κ2) is 7.92. The highest BCUT2D eigenvalue weighted by Gasteiger charge is 2.23. The van der Waals surface area contributed by atoms with E-state index < -0.39 is 12.1 Å². The Morgan fingerprint density at radius 1 is 1.50 bits per heavy atom. The van der Waals surface area contributed by atoms with E-state index in [4.69, 9.17) is 10.00 Å². The number of nitrogens with zero attached hydrogens (tertiary/aromatic N) is 1. The van der Waals surface area contributed by atoms with Gasteiger partial charge in [0.15, 0.2) is 6.10 Å². The molecule has 16 heavy (non-hydrogen) atoms. The minimum Gasteiger partial charge on any atom is -0.443 e. The van der Waals surface area contributed by atoms with E-state index in [0.717, 1.165) is 25.7 Å². The molecule has 0 heterocycles. The summed E-state index contributed by atoms with van der Waals surface area (Å²) in [5, 5.41) is 9.00. The van der Waals surface area contributed by atoms with Crippen molar-refractivity contribution in [3.05, 3.63) is 12.2 Å². The summed E-state index contributed by atoms with van der Waals surface area (Å²) >= 11 is 0. The van der Waals surface area contributed by atoms with Crippen molar-refractivity contribution in [1.29, 1.82) is 5.26 Å². The van der Waals surface area contributed by atoms with Crippen LogP contribution in [0.3, 0.4) is 0 Å². The van der Waals surface area contributed by atoms with Crippen molar-refractivity contribution in [3.8, 4) is 6.07 Å². The second-order valence-corrected chi connectivity index (χ2v) is 4.05. The van der Waals surface area contributed by atoms with Gasteiger partial charge in [-0.05, 0) is 19.8 Å². The van der Waals surface area contributed by atoms with Crippen LogP contribution < -0.4 is 0 Å². The molecule has 0 spiro atoms. The lowest BCUT2D eigenvalue weighted by Gasteiger charge is -2.20. The fraction of sp³-hybridized carbons (Fsp3) is 0.692. The SMILES string of the molecule is C=C(C)C(=O)OC(C#N)C(CC)CCCC. The van der Waals surface area contributed by atoms with E-state index in [1.165, 1.54) is 0 Å². The maximum atomic E-state index is 11.3. The van der Waals surface area contributed by atoms with E-state index in [0.29, 0.717) is 5.57 Å². The second-order valence-electron chi connectivity index (χ2n) is 4.05. The summed E-state index contributed by atoms with van der Waals surface area (Å²) in [6.07, 6.45) is 3.28. The van der Waals surface area contributed by atoms with E-state index in [9.17, 15) is 4.79 Å². The molecule has 0 aromatic rings. The minimum absolute atomic E-state index is 0.133. The Kier molecular flexibility index (Phi) is 7.28. The average Bonchev–Trinajstić information content (AvgIpc) is 2.27. The van der Waals surface area contributed by atoms with Crippen molar-refractivity contribution >= 4 is 5.97 Å². The number of hydrogen-bond acceptors (Lipinski definition) is 3. The third-order valence-electron chi connectivity index (χ3n) is 2.59. The number of ether oxygens (including phenoxy) is 1. The number of hydrogen-bond donors (Lipinski definition) is 0. The van der Waals surface area contributed by atoms with Crippen LogP contribution in [0.25, 0.3) is 0 Å². The van der Waals surface area contributed by atoms with Crippen molar-refractivity contribution in [1.82, 2.24) is 0 Å². The molecule has 0 radical (unpaired) electrons. The predicted octanol–water partition coefficient (Wildman–Crippen LogP) is 3.21. The largest absolute Gasteiger partial charge is 0.443 e. The van der Waals surface area contributed by atoms with Gasteiger partial charge in [-0.1, -0.05) is 33.3 Å². The monoisotopic (exact) mass is 223 g/mol. The van der Waals surface area contributed by atoms with Crippen molar-refractivity contribution in [2.75, 3.05) is 0 Å². The molecule has 3 nitrogen and oxygen atoms in total. The zero-order chi connectivity index (χ0) is 12.6. The topological polar surface area (TPSA) is 50.1 Å². The number of esters is 1. The van der Waals surface area contributed by atoms with Crippen LogP contribution in [0.15, 0.2) is 12.2 Å². The van der Waals surface area contributed by atoms with Crippen molar-refractivity contribution in [2.45, 2.75) is 52.6 Å². The van der Waals surface area contributed by atoms with Gasteiger partial charge in [-0.3, -0.25) is 0 Å². The number of unbranched alkanes of at least 4 members (excludes halogenated alkanes) is 1. The van der Waals surface area contributed by atoms with Crippen LogP contribution in [-0.2, 0) is 9.53 Å². The maximum absolute atomic E-state index is 11.3. The molecule has 90 valence electrons. The zero-order valence-corrected chi connectivity index (χ0v) is 10.5.